The molecule has 1 fully saturated rings. The third kappa shape index (κ3) is 5.20. The minimum atomic E-state index is -0.937. The van der Waals surface area contributed by atoms with Crippen LogP contribution >= 0.6 is 0 Å². The summed E-state index contributed by atoms with van der Waals surface area (Å²) in [5, 5.41) is 0. The number of hydrogen-bond donors (Lipinski definition) is 0. The highest BCUT2D eigenvalue weighted by molar-refractivity contribution is 5.65. The van der Waals surface area contributed by atoms with E-state index < -0.39 is 11.6 Å². The fraction of sp³-hybridized carbons (Fsp3) is 0.500. The lowest BCUT2D eigenvalue weighted by Gasteiger charge is -2.29. The van der Waals surface area contributed by atoms with Gasteiger partial charge in [0.2, 0.25) is 0 Å². The van der Waals surface area contributed by atoms with Gasteiger partial charge in [0, 0.05) is 18.1 Å². The Kier molecular flexibility index (Phi) is 7.73. The van der Waals surface area contributed by atoms with Crippen molar-refractivity contribution in [3.05, 3.63) is 58.9 Å². The zero-order chi connectivity index (χ0) is 20.8. The molecule has 0 aliphatic carbocycles. The van der Waals surface area contributed by atoms with Crippen molar-refractivity contribution >= 4 is 0 Å². The van der Waals surface area contributed by atoms with E-state index in [4.69, 9.17) is 9.47 Å². The fourth-order valence-electron chi connectivity index (χ4n) is 3.74. The van der Waals surface area contributed by atoms with Gasteiger partial charge in [-0.2, -0.15) is 0 Å². The Morgan fingerprint density at radius 2 is 1.83 bits per heavy atom. The first-order valence-electron chi connectivity index (χ1n) is 10.5. The molecule has 0 radical (unpaired) electrons. The first-order valence-corrected chi connectivity index (χ1v) is 10.5. The quantitative estimate of drug-likeness (QED) is 0.482. The molecule has 0 aromatic heterocycles. The highest BCUT2D eigenvalue weighted by Gasteiger charge is 2.27. The molecule has 158 valence electrons. The Hall–Kier alpha value is -1.85. The molecule has 2 aromatic carbocycles. The molecule has 5 heteroatoms. The normalized spacial score (nSPS) is 19.5. The van der Waals surface area contributed by atoms with Crippen LogP contribution in [0.4, 0.5) is 13.2 Å². The molecule has 0 bridgehead atoms. The summed E-state index contributed by atoms with van der Waals surface area (Å²) in [5.74, 6) is -2.40. The predicted molar refractivity (Wildman–Crippen MR) is 108 cm³/mol. The van der Waals surface area contributed by atoms with Gasteiger partial charge in [0.05, 0.1) is 6.61 Å². The summed E-state index contributed by atoms with van der Waals surface area (Å²) in [4.78, 5) is 0. The molecule has 0 N–H and O–H groups in total. The van der Waals surface area contributed by atoms with Crippen LogP contribution in [0.2, 0.25) is 0 Å². The van der Waals surface area contributed by atoms with Gasteiger partial charge in [0.25, 0.3) is 0 Å². The van der Waals surface area contributed by atoms with Gasteiger partial charge in [0.1, 0.15) is 5.82 Å². The monoisotopic (exact) mass is 406 g/mol. The third-order valence-electron chi connectivity index (χ3n) is 5.46. The Morgan fingerprint density at radius 1 is 1.00 bits per heavy atom. The van der Waals surface area contributed by atoms with Gasteiger partial charge in [-0.05, 0) is 54.9 Å². The van der Waals surface area contributed by atoms with Gasteiger partial charge in [-0.3, -0.25) is 0 Å². The van der Waals surface area contributed by atoms with E-state index in [2.05, 4.69) is 0 Å². The van der Waals surface area contributed by atoms with E-state index in [1.807, 2.05) is 13.8 Å². The molecular formula is C24H29F3O2. The summed E-state index contributed by atoms with van der Waals surface area (Å²) in [7, 11) is 0. The molecule has 1 saturated heterocycles. The van der Waals surface area contributed by atoms with E-state index in [1.165, 1.54) is 12.1 Å². The molecule has 2 nitrogen and oxygen atoms in total. The maximum Gasteiger partial charge on any atom is 0.166 e. The van der Waals surface area contributed by atoms with Crippen molar-refractivity contribution in [2.75, 3.05) is 13.2 Å². The van der Waals surface area contributed by atoms with Crippen molar-refractivity contribution in [3.8, 4) is 11.1 Å². The SMILES string of the molecule is CCCCc1ccc(-c2ccc(C3CCC(OCCC)OC3)c(F)c2F)cc1F. The second kappa shape index (κ2) is 10.3. The maximum atomic E-state index is 14.8. The molecule has 29 heavy (non-hydrogen) atoms. The molecular weight excluding hydrogens is 377 g/mol. The number of unbranched alkanes of at least 4 members (excludes halogenated alkanes) is 1. The highest BCUT2D eigenvalue weighted by atomic mass is 19.2. The van der Waals surface area contributed by atoms with Crippen molar-refractivity contribution in [3.63, 3.8) is 0 Å². The van der Waals surface area contributed by atoms with Gasteiger partial charge < -0.3 is 9.47 Å². The molecule has 2 atom stereocenters. The van der Waals surface area contributed by atoms with Crippen molar-refractivity contribution < 1.29 is 22.6 Å². The standard InChI is InChI=1S/C24H29F3O2/c1-3-5-6-16-7-8-17(14-21(16)25)19-10-11-20(24(27)23(19)26)18-9-12-22(29-15-18)28-13-4-2/h7-8,10-11,14,18,22H,3-6,9,12-13,15H2,1-2H3. The fourth-order valence-corrected chi connectivity index (χ4v) is 3.74. The lowest BCUT2D eigenvalue weighted by Crippen LogP contribution is -2.28. The van der Waals surface area contributed by atoms with Crippen molar-refractivity contribution in [2.45, 2.75) is 64.6 Å². The summed E-state index contributed by atoms with van der Waals surface area (Å²) in [5.41, 5.74) is 1.33. The van der Waals surface area contributed by atoms with E-state index in [-0.39, 0.29) is 23.6 Å². The average molecular weight is 406 g/mol. The summed E-state index contributed by atoms with van der Waals surface area (Å²) in [6, 6.07) is 7.75. The molecule has 0 amide bonds. The number of aryl methyl sites for hydroxylation is 1. The van der Waals surface area contributed by atoms with Crippen LogP contribution in [0.15, 0.2) is 30.3 Å². The van der Waals surface area contributed by atoms with Crippen LogP contribution in [0.25, 0.3) is 11.1 Å². The van der Waals surface area contributed by atoms with Crippen molar-refractivity contribution in [2.24, 2.45) is 0 Å². The molecule has 2 unspecified atom stereocenters. The van der Waals surface area contributed by atoms with Crippen LogP contribution in [-0.2, 0) is 15.9 Å². The maximum absolute atomic E-state index is 14.8. The van der Waals surface area contributed by atoms with E-state index >= 15 is 0 Å². The number of hydrogen-bond acceptors (Lipinski definition) is 2. The van der Waals surface area contributed by atoms with Gasteiger partial charge >= 0.3 is 0 Å². The Labute approximate surface area is 171 Å². The van der Waals surface area contributed by atoms with E-state index in [1.54, 1.807) is 18.2 Å². The van der Waals surface area contributed by atoms with E-state index in [0.29, 0.717) is 49.2 Å². The van der Waals surface area contributed by atoms with Crippen LogP contribution in [0.5, 0.6) is 0 Å². The van der Waals surface area contributed by atoms with E-state index in [0.717, 1.165) is 19.3 Å². The summed E-state index contributed by atoms with van der Waals surface area (Å²) in [6.45, 7) is 4.99. The number of benzene rings is 2. The summed E-state index contributed by atoms with van der Waals surface area (Å²) in [6.07, 6.45) is 4.46. The highest BCUT2D eigenvalue weighted by Crippen LogP contribution is 2.35. The Balaban J connectivity index is 1.76. The summed E-state index contributed by atoms with van der Waals surface area (Å²) < 4.78 is 55.2. The topological polar surface area (TPSA) is 18.5 Å². The van der Waals surface area contributed by atoms with Crippen LogP contribution in [-0.4, -0.2) is 19.5 Å². The zero-order valence-electron chi connectivity index (χ0n) is 17.1. The Bertz CT molecular complexity index is 814. The smallest absolute Gasteiger partial charge is 0.166 e. The number of halogens is 3. The molecule has 1 aliphatic heterocycles. The molecule has 1 heterocycles. The minimum absolute atomic E-state index is 0.0769. The number of ether oxygens (including phenoxy) is 2. The largest absolute Gasteiger partial charge is 0.353 e. The van der Waals surface area contributed by atoms with Gasteiger partial charge in [-0.25, -0.2) is 13.2 Å². The molecule has 1 aliphatic rings. The first kappa shape index (κ1) is 21.8. The number of rotatable bonds is 8. The third-order valence-corrected chi connectivity index (χ3v) is 5.46. The van der Waals surface area contributed by atoms with Crippen LogP contribution in [0.1, 0.15) is 63.0 Å². The van der Waals surface area contributed by atoms with Crippen molar-refractivity contribution in [1.82, 2.24) is 0 Å². The van der Waals surface area contributed by atoms with Crippen LogP contribution < -0.4 is 0 Å². The molecule has 0 spiro atoms. The lowest BCUT2D eigenvalue weighted by atomic mass is 9.90. The Morgan fingerprint density at radius 3 is 2.48 bits per heavy atom. The minimum Gasteiger partial charge on any atom is -0.353 e. The summed E-state index contributed by atoms with van der Waals surface area (Å²) >= 11 is 0. The van der Waals surface area contributed by atoms with Gasteiger partial charge in [-0.1, -0.05) is 44.5 Å². The average Bonchev–Trinajstić information content (AvgIpc) is 2.74. The van der Waals surface area contributed by atoms with Crippen LogP contribution in [0.3, 0.4) is 0 Å². The van der Waals surface area contributed by atoms with Crippen LogP contribution in [0, 0.1) is 17.5 Å². The lowest BCUT2D eigenvalue weighted by molar-refractivity contribution is -0.167. The molecule has 3 rings (SSSR count). The van der Waals surface area contributed by atoms with Gasteiger partial charge in [-0.15, -0.1) is 0 Å². The van der Waals surface area contributed by atoms with Crippen molar-refractivity contribution in [1.29, 1.82) is 0 Å². The molecule has 0 saturated carbocycles. The van der Waals surface area contributed by atoms with Gasteiger partial charge in [0.15, 0.2) is 17.9 Å². The second-order valence-electron chi connectivity index (χ2n) is 7.65. The predicted octanol–water partition coefficient (Wildman–Crippen LogP) is 6.76. The molecule has 2 aromatic rings. The zero-order valence-corrected chi connectivity index (χ0v) is 17.1. The second-order valence-corrected chi connectivity index (χ2v) is 7.65. The first-order chi connectivity index (χ1) is 14.0. The van der Waals surface area contributed by atoms with E-state index in [9.17, 15) is 13.2 Å².